The first-order chi connectivity index (χ1) is 9.20. The van der Waals surface area contributed by atoms with Gasteiger partial charge in [0.05, 0.1) is 11.8 Å². The van der Waals surface area contributed by atoms with Crippen molar-refractivity contribution in [3.8, 4) is 0 Å². The van der Waals surface area contributed by atoms with E-state index < -0.39 is 6.03 Å². The lowest BCUT2D eigenvalue weighted by atomic mass is 10.4. The fourth-order valence-electron chi connectivity index (χ4n) is 1.49. The normalized spacial score (nSPS) is 14.2. The van der Waals surface area contributed by atoms with Crippen LogP contribution in [-0.4, -0.2) is 44.9 Å². The fraction of sp³-hybridized carbons (Fsp3) is 0.700. The Labute approximate surface area is 114 Å². The molecule has 9 heteroatoms. The highest BCUT2D eigenvalue weighted by Gasteiger charge is 2.27. The zero-order chi connectivity index (χ0) is 13.7. The highest BCUT2D eigenvalue weighted by molar-refractivity contribution is 7.98. The van der Waals surface area contributed by atoms with Gasteiger partial charge in [0.2, 0.25) is 5.91 Å². The Balaban J connectivity index is 1.65. The summed E-state index contributed by atoms with van der Waals surface area (Å²) in [7, 11) is 1.47. The molecule has 1 aliphatic carbocycles. The molecule has 1 aromatic heterocycles. The van der Waals surface area contributed by atoms with Crippen molar-refractivity contribution in [2.24, 2.45) is 0 Å². The summed E-state index contributed by atoms with van der Waals surface area (Å²) in [5, 5.41) is 16.1. The molecule has 0 saturated heterocycles. The molecule has 1 heterocycles. The SMILES string of the molecule is CNC(=O)NC(=O)CCSCc1nnnn1C1CC1. The van der Waals surface area contributed by atoms with Crippen LogP contribution in [0.3, 0.4) is 0 Å². The minimum absolute atomic E-state index is 0.284. The molecule has 104 valence electrons. The number of rotatable bonds is 6. The van der Waals surface area contributed by atoms with Crippen LogP contribution in [0.15, 0.2) is 0 Å². The molecule has 2 rings (SSSR count). The lowest BCUT2D eigenvalue weighted by Gasteiger charge is -2.04. The maximum atomic E-state index is 11.3. The second-order valence-corrected chi connectivity index (χ2v) is 5.31. The van der Waals surface area contributed by atoms with Gasteiger partial charge in [-0.05, 0) is 23.3 Å². The first-order valence-corrected chi connectivity index (χ1v) is 7.22. The van der Waals surface area contributed by atoms with E-state index in [1.54, 1.807) is 11.8 Å². The summed E-state index contributed by atoms with van der Waals surface area (Å²) >= 11 is 1.58. The van der Waals surface area contributed by atoms with Crippen molar-refractivity contribution < 1.29 is 9.59 Å². The largest absolute Gasteiger partial charge is 0.341 e. The van der Waals surface area contributed by atoms with E-state index in [0.29, 0.717) is 24.0 Å². The molecule has 0 unspecified atom stereocenters. The van der Waals surface area contributed by atoms with Gasteiger partial charge in [-0.3, -0.25) is 10.1 Å². The summed E-state index contributed by atoms with van der Waals surface area (Å²) in [5.41, 5.74) is 0. The third-order valence-electron chi connectivity index (χ3n) is 2.64. The molecular weight excluding hydrogens is 268 g/mol. The lowest BCUT2D eigenvalue weighted by molar-refractivity contribution is -0.119. The van der Waals surface area contributed by atoms with Crippen LogP contribution in [0.1, 0.15) is 31.1 Å². The maximum absolute atomic E-state index is 11.3. The molecule has 0 spiro atoms. The monoisotopic (exact) mass is 284 g/mol. The van der Waals surface area contributed by atoms with Crippen LogP contribution in [-0.2, 0) is 10.5 Å². The van der Waals surface area contributed by atoms with Crippen LogP contribution >= 0.6 is 11.8 Å². The predicted octanol–water partition coefficient (Wildman–Crippen LogP) is 0.0869. The highest BCUT2D eigenvalue weighted by atomic mass is 32.2. The van der Waals surface area contributed by atoms with Gasteiger partial charge in [-0.15, -0.1) is 5.10 Å². The molecule has 19 heavy (non-hydrogen) atoms. The van der Waals surface area contributed by atoms with Gasteiger partial charge in [0, 0.05) is 19.2 Å². The zero-order valence-electron chi connectivity index (χ0n) is 10.6. The van der Waals surface area contributed by atoms with Gasteiger partial charge in [-0.1, -0.05) is 0 Å². The summed E-state index contributed by atoms with van der Waals surface area (Å²) in [6.45, 7) is 0. The molecule has 8 nitrogen and oxygen atoms in total. The summed E-state index contributed by atoms with van der Waals surface area (Å²) < 4.78 is 1.86. The van der Waals surface area contributed by atoms with E-state index >= 15 is 0 Å². The van der Waals surface area contributed by atoms with Gasteiger partial charge in [0.25, 0.3) is 0 Å². The summed E-state index contributed by atoms with van der Waals surface area (Å²) in [6, 6.07) is -0.0187. The molecule has 0 radical (unpaired) electrons. The fourth-order valence-corrected chi connectivity index (χ4v) is 2.34. The first-order valence-electron chi connectivity index (χ1n) is 6.06. The quantitative estimate of drug-likeness (QED) is 0.718. The number of imide groups is 1. The van der Waals surface area contributed by atoms with Crippen molar-refractivity contribution in [1.29, 1.82) is 0 Å². The second-order valence-electron chi connectivity index (χ2n) is 4.20. The van der Waals surface area contributed by atoms with Crippen molar-refractivity contribution in [2.75, 3.05) is 12.8 Å². The Morgan fingerprint density at radius 3 is 2.95 bits per heavy atom. The Bertz CT molecular complexity index is 459. The van der Waals surface area contributed by atoms with Crippen LogP contribution in [0, 0.1) is 0 Å². The molecule has 3 amide bonds. The van der Waals surface area contributed by atoms with E-state index in [-0.39, 0.29) is 5.91 Å². The van der Waals surface area contributed by atoms with Gasteiger partial charge in [0.1, 0.15) is 0 Å². The van der Waals surface area contributed by atoms with Crippen LogP contribution in [0.5, 0.6) is 0 Å². The average Bonchev–Trinajstić information content (AvgIpc) is 3.14. The van der Waals surface area contributed by atoms with Crippen molar-refractivity contribution in [1.82, 2.24) is 30.8 Å². The summed E-state index contributed by atoms with van der Waals surface area (Å²) in [5.74, 6) is 1.87. The molecule has 2 N–H and O–H groups in total. The van der Waals surface area contributed by atoms with Crippen molar-refractivity contribution in [3.05, 3.63) is 5.82 Å². The number of hydrogen-bond acceptors (Lipinski definition) is 6. The standard InChI is InChI=1S/C10H16N6O2S/c1-11-10(18)12-9(17)4-5-19-6-8-13-14-15-16(8)7-2-3-7/h7H,2-6H2,1H3,(H2,11,12,17,18). The number of nitrogens with zero attached hydrogens (tertiary/aromatic N) is 4. The van der Waals surface area contributed by atoms with Gasteiger partial charge in [-0.25, -0.2) is 9.48 Å². The third kappa shape index (κ3) is 4.19. The van der Waals surface area contributed by atoms with Crippen LogP contribution in [0.4, 0.5) is 4.79 Å². The average molecular weight is 284 g/mol. The molecule has 0 atom stereocenters. The Kier molecular flexibility index (Phi) is 4.72. The van der Waals surface area contributed by atoms with Crippen molar-refractivity contribution in [3.63, 3.8) is 0 Å². The third-order valence-corrected chi connectivity index (χ3v) is 3.59. The van der Waals surface area contributed by atoms with Crippen LogP contribution < -0.4 is 10.6 Å². The van der Waals surface area contributed by atoms with Gasteiger partial charge in [0.15, 0.2) is 5.82 Å². The molecular formula is C10H16N6O2S. The summed E-state index contributed by atoms with van der Waals surface area (Å²) in [4.78, 5) is 22.2. The Hall–Kier alpha value is -1.64. The number of hydrogen-bond donors (Lipinski definition) is 2. The highest BCUT2D eigenvalue weighted by Crippen LogP contribution is 2.34. The minimum atomic E-state index is -0.479. The number of urea groups is 1. The second kappa shape index (κ2) is 6.50. The number of nitrogens with one attached hydrogen (secondary N) is 2. The Morgan fingerprint density at radius 2 is 2.26 bits per heavy atom. The summed E-state index contributed by atoms with van der Waals surface area (Å²) in [6.07, 6.45) is 2.57. The topological polar surface area (TPSA) is 102 Å². The van der Waals surface area contributed by atoms with E-state index in [2.05, 4.69) is 26.2 Å². The lowest BCUT2D eigenvalue weighted by Crippen LogP contribution is -2.37. The minimum Gasteiger partial charge on any atom is -0.341 e. The smallest absolute Gasteiger partial charge is 0.321 e. The molecule has 1 aromatic rings. The number of amides is 3. The van der Waals surface area contributed by atoms with E-state index in [1.807, 2.05) is 4.68 Å². The molecule has 0 aliphatic heterocycles. The number of thioether (sulfide) groups is 1. The first kappa shape index (κ1) is 13.8. The van der Waals surface area contributed by atoms with E-state index in [0.717, 1.165) is 18.7 Å². The van der Waals surface area contributed by atoms with E-state index in [1.165, 1.54) is 7.05 Å². The number of tetrazole rings is 1. The van der Waals surface area contributed by atoms with Crippen LogP contribution in [0.2, 0.25) is 0 Å². The molecule has 0 aromatic carbocycles. The van der Waals surface area contributed by atoms with E-state index in [4.69, 9.17) is 0 Å². The Morgan fingerprint density at radius 1 is 1.47 bits per heavy atom. The molecule has 1 aliphatic rings. The maximum Gasteiger partial charge on any atom is 0.321 e. The number of carbonyl (C=O) groups is 2. The van der Waals surface area contributed by atoms with Gasteiger partial charge < -0.3 is 5.32 Å². The van der Waals surface area contributed by atoms with E-state index in [9.17, 15) is 9.59 Å². The molecule has 0 bridgehead atoms. The number of aromatic nitrogens is 4. The van der Waals surface area contributed by atoms with Crippen molar-refractivity contribution in [2.45, 2.75) is 31.1 Å². The molecule has 1 saturated carbocycles. The van der Waals surface area contributed by atoms with Crippen molar-refractivity contribution >= 4 is 23.7 Å². The predicted molar refractivity (Wildman–Crippen MR) is 69.5 cm³/mol. The van der Waals surface area contributed by atoms with Gasteiger partial charge >= 0.3 is 6.03 Å². The molecule has 1 fully saturated rings. The zero-order valence-corrected chi connectivity index (χ0v) is 11.4. The van der Waals surface area contributed by atoms with Gasteiger partial charge in [-0.2, -0.15) is 11.8 Å². The van der Waals surface area contributed by atoms with Crippen LogP contribution in [0.25, 0.3) is 0 Å². The number of carbonyl (C=O) groups excluding carboxylic acids is 2.